The topological polar surface area (TPSA) is 78.4 Å². The lowest BCUT2D eigenvalue weighted by Crippen LogP contribution is -2.64. The van der Waals surface area contributed by atoms with Crippen LogP contribution in [0.25, 0.3) is 0 Å². The predicted molar refractivity (Wildman–Crippen MR) is 108 cm³/mol. The summed E-state index contributed by atoms with van der Waals surface area (Å²) in [5, 5.41) is 10.8. The molecule has 1 saturated heterocycles. The number of hydrogen-bond donors (Lipinski definition) is 2. The van der Waals surface area contributed by atoms with Gasteiger partial charge in [0.1, 0.15) is 12.2 Å². The molecular formula is C20H36N6O. The number of likely N-dealkylation sites (tertiary alicyclic amines) is 1. The summed E-state index contributed by atoms with van der Waals surface area (Å²) in [7, 11) is 0. The van der Waals surface area contributed by atoms with Crippen molar-refractivity contribution >= 4 is 5.96 Å². The number of aliphatic imine (C=N–C) groups is 1. The Morgan fingerprint density at radius 3 is 2.74 bits per heavy atom. The SMILES string of the molecule is CCCCOC1CC(NC(=NCC)N2CCC(c3ncn[nH]3)CC2)C1(C)C. The summed E-state index contributed by atoms with van der Waals surface area (Å²) in [5.41, 5.74) is 0.139. The van der Waals surface area contributed by atoms with Crippen LogP contribution in [0.4, 0.5) is 0 Å². The van der Waals surface area contributed by atoms with Crippen molar-refractivity contribution in [2.24, 2.45) is 10.4 Å². The van der Waals surface area contributed by atoms with E-state index in [1.165, 1.54) is 6.42 Å². The second-order valence-corrected chi connectivity index (χ2v) is 8.40. The van der Waals surface area contributed by atoms with E-state index in [1.54, 1.807) is 6.33 Å². The van der Waals surface area contributed by atoms with Gasteiger partial charge < -0.3 is 15.0 Å². The Morgan fingerprint density at radius 2 is 2.15 bits per heavy atom. The van der Waals surface area contributed by atoms with Crippen LogP contribution in [0.5, 0.6) is 0 Å². The van der Waals surface area contributed by atoms with Gasteiger partial charge in [0.2, 0.25) is 0 Å². The van der Waals surface area contributed by atoms with Gasteiger partial charge in [0.15, 0.2) is 5.96 Å². The molecule has 2 N–H and O–H groups in total. The van der Waals surface area contributed by atoms with E-state index in [2.05, 4.69) is 53.1 Å². The second-order valence-electron chi connectivity index (χ2n) is 8.40. The highest BCUT2D eigenvalue weighted by atomic mass is 16.5. The fourth-order valence-electron chi connectivity index (χ4n) is 4.10. The quantitative estimate of drug-likeness (QED) is 0.435. The Morgan fingerprint density at radius 1 is 1.37 bits per heavy atom. The van der Waals surface area contributed by atoms with Gasteiger partial charge in [0, 0.05) is 43.6 Å². The van der Waals surface area contributed by atoms with Gasteiger partial charge >= 0.3 is 0 Å². The number of nitrogens with one attached hydrogen (secondary N) is 2. The zero-order valence-corrected chi connectivity index (χ0v) is 17.4. The number of piperidine rings is 1. The van der Waals surface area contributed by atoms with Gasteiger partial charge in [-0.15, -0.1) is 0 Å². The molecule has 0 bridgehead atoms. The molecule has 7 nitrogen and oxygen atoms in total. The second kappa shape index (κ2) is 9.04. The Balaban J connectivity index is 1.52. The molecule has 2 heterocycles. The number of ether oxygens (including phenoxy) is 1. The third kappa shape index (κ3) is 4.62. The van der Waals surface area contributed by atoms with Crippen molar-refractivity contribution in [1.29, 1.82) is 0 Å². The highest BCUT2D eigenvalue weighted by molar-refractivity contribution is 5.80. The van der Waals surface area contributed by atoms with E-state index in [-0.39, 0.29) is 5.41 Å². The van der Waals surface area contributed by atoms with Gasteiger partial charge in [-0.1, -0.05) is 27.2 Å². The van der Waals surface area contributed by atoms with Gasteiger partial charge in [0.25, 0.3) is 0 Å². The van der Waals surface area contributed by atoms with Gasteiger partial charge in [-0.3, -0.25) is 10.1 Å². The lowest BCUT2D eigenvalue weighted by molar-refractivity contribution is -0.114. The molecule has 0 aromatic carbocycles. The van der Waals surface area contributed by atoms with Crippen molar-refractivity contribution < 1.29 is 4.74 Å². The molecule has 0 amide bonds. The van der Waals surface area contributed by atoms with E-state index in [0.29, 0.717) is 18.1 Å². The predicted octanol–water partition coefficient (Wildman–Crippen LogP) is 2.93. The Labute approximate surface area is 163 Å². The average molecular weight is 377 g/mol. The summed E-state index contributed by atoms with van der Waals surface area (Å²) in [6.45, 7) is 12.6. The third-order valence-electron chi connectivity index (χ3n) is 6.22. The number of H-pyrrole nitrogens is 1. The molecule has 27 heavy (non-hydrogen) atoms. The zero-order valence-electron chi connectivity index (χ0n) is 17.4. The molecule has 1 aromatic heterocycles. The fraction of sp³-hybridized carbons (Fsp3) is 0.850. The van der Waals surface area contributed by atoms with Crippen LogP contribution in [0.3, 0.4) is 0 Å². The number of unbranched alkanes of at least 4 members (excludes halogenated alkanes) is 1. The van der Waals surface area contributed by atoms with E-state index in [1.807, 2.05) is 0 Å². The van der Waals surface area contributed by atoms with E-state index in [4.69, 9.17) is 9.73 Å². The van der Waals surface area contributed by atoms with Crippen LogP contribution in [0.2, 0.25) is 0 Å². The van der Waals surface area contributed by atoms with Crippen molar-refractivity contribution in [3.05, 3.63) is 12.2 Å². The molecule has 0 radical (unpaired) electrons. The number of aromatic nitrogens is 3. The third-order valence-corrected chi connectivity index (χ3v) is 6.22. The highest BCUT2D eigenvalue weighted by Crippen LogP contribution is 2.43. The fourth-order valence-corrected chi connectivity index (χ4v) is 4.10. The number of rotatable bonds is 7. The molecule has 2 unspecified atom stereocenters. The Hall–Kier alpha value is -1.63. The molecule has 2 atom stereocenters. The molecule has 1 aliphatic heterocycles. The Bertz CT molecular complexity index is 592. The minimum Gasteiger partial charge on any atom is -0.378 e. The van der Waals surface area contributed by atoms with Gasteiger partial charge in [-0.25, -0.2) is 4.98 Å². The first kappa shape index (κ1) is 20.1. The average Bonchev–Trinajstić information content (AvgIpc) is 3.21. The highest BCUT2D eigenvalue weighted by Gasteiger charge is 2.49. The normalized spacial score (nSPS) is 26.1. The van der Waals surface area contributed by atoms with E-state index < -0.39 is 0 Å². The smallest absolute Gasteiger partial charge is 0.194 e. The monoisotopic (exact) mass is 376 g/mol. The number of guanidine groups is 1. The van der Waals surface area contributed by atoms with Crippen LogP contribution >= 0.6 is 0 Å². The first-order valence-electron chi connectivity index (χ1n) is 10.6. The molecule has 1 aliphatic carbocycles. The van der Waals surface area contributed by atoms with Gasteiger partial charge in [0.05, 0.1) is 6.10 Å². The minimum atomic E-state index is 0.139. The summed E-state index contributed by atoms with van der Waals surface area (Å²) in [6.07, 6.45) is 7.51. The number of nitrogens with zero attached hydrogens (tertiary/aromatic N) is 4. The minimum absolute atomic E-state index is 0.139. The standard InChI is InChI=1S/C20H36N6O/c1-5-7-12-27-17-13-16(20(17,3)4)24-19(21-6-2)26-10-8-15(9-11-26)18-22-14-23-25-18/h14-17H,5-13H2,1-4H3,(H,21,24)(H,22,23,25). The summed E-state index contributed by atoms with van der Waals surface area (Å²) in [4.78, 5) is 11.5. The van der Waals surface area contributed by atoms with Crippen molar-refractivity contribution in [2.45, 2.75) is 77.9 Å². The van der Waals surface area contributed by atoms with E-state index >= 15 is 0 Å². The molecule has 3 rings (SSSR count). The van der Waals surface area contributed by atoms with Crippen LogP contribution < -0.4 is 5.32 Å². The van der Waals surface area contributed by atoms with Gasteiger partial charge in [-0.05, 0) is 32.6 Å². The van der Waals surface area contributed by atoms with Gasteiger partial charge in [-0.2, -0.15) is 5.10 Å². The van der Waals surface area contributed by atoms with Crippen LogP contribution in [-0.2, 0) is 4.74 Å². The first-order valence-corrected chi connectivity index (χ1v) is 10.6. The number of hydrogen-bond acceptors (Lipinski definition) is 4. The molecule has 2 aliphatic rings. The Kier molecular flexibility index (Phi) is 6.73. The maximum atomic E-state index is 6.10. The van der Waals surface area contributed by atoms with Crippen LogP contribution in [0.15, 0.2) is 11.3 Å². The van der Waals surface area contributed by atoms with Crippen LogP contribution in [0, 0.1) is 5.41 Å². The molecule has 0 spiro atoms. The van der Waals surface area contributed by atoms with E-state index in [0.717, 1.165) is 63.7 Å². The lowest BCUT2D eigenvalue weighted by Gasteiger charge is -2.52. The molecule has 2 fully saturated rings. The molecule has 152 valence electrons. The van der Waals surface area contributed by atoms with Crippen molar-refractivity contribution in [1.82, 2.24) is 25.4 Å². The first-order chi connectivity index (χ1) is 13.1. The largest absolute Gasteiger partial charge is 0.378 e. The van der Waals surface area contributed by atoms with Crippen LogP contribution in [0.1, 0.15) is 71.5 Å². The lowest BCUT2D eigenvalue weighted by atomic mass is 9.64. The van der Waals surface area contributed by atoms with Crippen molar-refractivity contribution in [2.75, 3.05) is 26.2 Å². The summed E-state index contributed by atoms with van der Waals surface area (Å²) >= 11 is 0. The number of aromatic amines is 1. The molecular weight excluding hydrogens is 340 g/mol. The summed E-state index contributed by atoms with van der Waals surface area (Å²) in [5.74, 6) is 2.55. The van der Waals surface area contributed by atoms with Crippen LogP contribution in [-0.4, -0.2) is 64.4 Å². The molecule has 1 saturated carbocycles. The van der Waals surface area contributed by atoms with Crippen molar-refractivity contribution in [3.63, 3.8) is 0 Å². The maximum Gasteiger partial charge on any atom is 0.194 e. The van der Waals surface area contributed by atoms with E-state index in [9.17, 15) is 0 Å². The molecule has 7 heteroatoms. The van der Waals surface area contributed by atoms with Crippen molar-refractivity contribution in [3.8, 4) is 0 Å². The summed E-state index contributed by atoms with van der Waals surface area (Å²) < 4.78 is 6.10. The summed E-state index contributed by atoms with van der Waals surface area (Å²) in [6, 6.07) is 0.418. The molecule has 1 aromatic rings. The zero-order chi connectivity index (χ0) is 19.3. The maximum absolute atomic E-state index is 6.10.